The molecular formula is C85H82O26. The fraction of sp³-hybridized carbons (Fsp3) is 0.200. The van der Waals surface area contributed by atoms with Gasteiger partial charge in [0.15, 0.2) is 17.3 Å². The van der Waals surface area contributed by atoms with Crippen LogP contribution in [0.1, 0.15) is 134 Å². The third kappa shape index (κ3) is 18.3. The normalized spacial score (nSPS) is 10.6. The number of methoxy groups -OCH3 is 4. The lowest BCUT2D eigenvalue weighted by molar-refractivity contribution is -0.140. The summed E-state index contributed by atoms with van der Waals surface area (Å²) in [6.45, 7) is 16.7. The fourth-order valence-corrected chi connectivity index (χ4v) is 12.6. The first-order valence-electron chi connectivity index (χ1n) is 33.8. The van der Waals surface area contributed by atoms with Crippen LogP contribution in [0.5, 0.6) is 74.7 Å². The van der Waals surface area contributed by atoms with Gasteiger partial charge in [-0.1, -0.05) is 72.8 Å². The number of fused-ring (bicyclic) bond motifs is 6. The second kappa shape index (κ2) is 35.6. The van der Waals surface area contributed by atoms with Crippen LogP contribution in [0.4, 0.5) is 0 Å². The predicted molar refractivity (Wildman–Crippen MR) is 414 cm³/mol. The highest BCUT2D eigenvalue weighted by Gasteiger charge is 2.28. The molecule has 578 valence electrons. The second-order valence-corrected chi connectivity index (χ2v) is 25.5. The largest absolute Gasteiger partial charge is 0.508 e. The standard InChI is InChI=1S/C18H18O8.C15H14O6.C14H14O3.C13H12O4.C13H12O3.C12H12O2/c1-4-26-17(22)11-6-9-5-10(8-13(20)24-2)15(18(23)25-3)16(21)14(9)12(19)7-11;1-20-11(17)7-9-6-8-4-3-5-10(16)12(8)14(18)13(9)15(19)21-2;1-7-4-10-6-8(2)12(9(3)15)14(17)13(10)11(16)5-7;1-6-3-8-4-9(15)5-10(16)12(8)13(17)11(6)7(2)14;1-7-6-9-4-3-5-10(15)12(9)13(16)11(7)8(2)14;1-7-3-5-9-6-4-8(2)12(14)10(9)11(7)13/h5-7,19,21H,4,8H2,1-3H3;3-6,16,18H,7H2,1-2H3;4-6,16-17H,1-3H3;3-5,15-17H,1-2H3;3-6,15-16H,1-2H3;3-6,13-14H,1-2H3. The van der Waals surface area contributed by atoms with Gasteiger partial charge in [-0.2, -0.15) is 0 Å². The minimum absolute atomic E-state index is 0.000000000000000444. The smallest absolute Gasteiger partial charge is 0.341 e. The molecule has 0 saturated heterocycles. The van der Waals surface area contributed by atoms with Crippen LogP contribution in [-0.2, 0) is 46.1 Å². The zero-order chi connectivity index (χ0) is 82.6. The molecular weight excluding hydrogens is 1440 g/mol. The summed E-state index contributed by atoms with van der Waals surface area (Å²) in [5.41, 5.74) is 5.28. The minimum Gasteiger partial charge on any atom is -0.508 e. The van der Waals surface area contributed by atoms with E-state index in [0.717, 1.165) is 52.1 Å². The van der Waals surface area contributed by atoms with Crippen molar-refractivity contribution in [2.45, 2.75) is 82.1 Å². The summed E-state index contributed by atoms with van der Waals surface area (Å²) in [5, 5.41) is 134. The van der Waals surface area contributed by atoms with E-state index in [2.05, 4.69) is 18.9 Å². The molecule has 0 atom stereocenters. The third-order valence-electron chi connectivity index (χ3n) is 17.7. The molecule has 0 aliphatic heterocycles. The van der Waals surface area contributed by atoms with E-state index in [1.807, 2.05) is 51.1 Å². The monoisotopic (exact) mass is 1520 g/mol. The average molecular weight is 1520 g/mol. The molecule has 0 aliphatic rings. The lowest BCUT2D eigenvalue weighted by Crippen LogP contribution is -2.12. The molecule has 26 heteroatoms. The van der Waals surface area contributed by atoms with E-state index >= 15 is 0 Å². The van der Waals surface area contributed by atoms with Crippen molar-refractivity contribution in [2.75, 3.05) is 35.0 Å². The number of phenolic OH excluding ortho intramolecular Hbond substituents is 13. The summed E-state index contributed by atoms with van der Waals surface area (Å²) in [6, 6.07) is 33.7. The van der Waals surface area contributed by atoms with Crippen molar-refractivity contribution in [3.8, 4) is 74.7 Å². The molecule has 0 aliphatic carbocycles. The Morgan fingerprint density at radius 2 is 0.658 bits per heavy atom. The van der Waals surface area contributed by atoms with Crippen LogP contribution in [0, 0.1) is 41.5 Å². The average Bonchev–Trinajstić information content (AvgIpc) is 0.849. The first kappa shape index (κ1) is 84.2. The van der Waals surface area contributed by atoms with Gasteiger partial charge in [-0.05, 0) is 195 Å². The molecule has 12 aromatic carbocycles. The highest BCUT2D eigenvalue weighted by atomic mass is 16.5. The SMILES string of the molecule is CC(=O)c1c(C)cc2cc(C)cc(O)c2c1O.CC(=O)c1c(C)cc2cc(O)cc(O)c2c1O.CC(=O)c1c(C)cc2cccc(O)c2c1O.CCOC(=O)c1cc(O)c2c(O)c(C(=O)OC)c(CC(=O)OC)cc2c1.COC(=O)Cc1cc2cccc(O)c2c(O)c1C(=O)OC.Cc1ccc2ccc(C)c(O)c2c1O. The molecule has 0 unspecified atom stereocenters. The molecule has 26 nitrogen and oxygen atoms in total. The quantitative estimate of drug-likeness (QED) is 0.0325. The Kier molecular flexibility index (Phi) is 27.0. The predicted octanol–water partition coefficient (Wildman–Crippen LogP) is 14.9. The van der Waals surface area contributed by atoms with Crippen molar-refractivity contribution >= 4 is 112 Å². The molecule has 12 aromatic rings. The summed E-state index contributed by atoms with van der Waals surface area (Å²) in [5.74, 6) is -6.31. The van der Waals surface area contributed by atoms with Gasteiger partial charge in [0.2, 0.25) is 0 Å². The van der Waals surface area contributed by atoms with Crippen LogP contribution in [0.25, 0.3) is 64.6 Å². The molecule has 0 bridgehead atoms. The van der Waals surface area contributed by atoms with Gasteiger partial charge in [-0.15, -0.1) is 0 Å². The van der Waals surface area contributed by atoms with Crippen LogP contribution in [0.3, 0.4) is 0 Å². The lowest BCUT2D eigenvalue weighted by Gasteiger charge is -2.14. The number of aryl methyl sites for hydroxylation is 6. The topological polar surface area (TPSA) is 446 Å². The fourth-order valence-electron chi connectivity index (χ4n) is 12.6. The number of Topliss-reactive ketones (excluding diaryl/α,β-unsaturated/α-hetero) is 3. The van der Waals surface area contributed by atoms with Crippen molar-refractivity contribution in [1.29, 1.82) is 0 Å². The number of ketones is 3. The summed E-state index contributed by atoms with van der Waals surface area (Å²) in [4.78, 5) is 93.2. The Labute approximate surface area is 634 Å². The Morgan fingerprint density at radius 1 is 0.306 bits per heavy atom. The maximum atomic E-state index is 12.1. The van der Waals surface area contributed by atoms with Crippen molar-refractivity contribution in [1.82, 2.24) is 0 Å². The maximum absolute atomic E-state index is 12.1. The van der Waals surface area contributed by atoms with E-state index in [1.54, 1.807) is 76.2 Å². The second-order valence-electron chi connectivity index (χ2n) is 25.5. The van der Waals surface area contributed by atoms with Crippen LogP contribution in [0.15, 0.2) is 127 Å². The Hall–Kier alpha value is -14.0. The molecule has 0 heterocycles. The van der Waals surface area contributed by atoms with Crippen LogP contribution >= 0.6 is 0 Å². The molecule has 0 amide bonds. The van der Waals surface area contributed by atoms with Crippen LogP contribution in [-0.4, -0.2) is 149 Å². The van der Waals surface area contributed by atoms with E-state index in [4.69, 9.17) is 4.74 Å². The van der Waals surface area contributed by atoms with Gasteiger partial charge < -0.3 is 90.1 Å². The molecule has 12 rings (SSSR count). The number of carbonyl (C=O) groups excluding carboxylic acids is 8. The molecule has 13 N–H and O–H groups in total. The number of ether oxygens (including phenoxy) is 5. The van der Waals surface area contributed by atoms with E-state index in [-0.39, 0.29) is 160 Å². The zero-order valence-electron chi connectivity index (χ0n) is 62.9. The Bertz CT molecular complexity index is 5600. The van der Waals surface area contributed by atoms with Crippen LogP contribution in [0.2, 0.25) is 0 Å². The molecule has 0 radical (unpaired) electrons. The van der Waals surface area contributed by atoms with Gasteiger partial charge in [0.05, 0.1) is 102 Å². The summed E-state index contributed by atoms with van der Waals surface area (Å²) >= 11 is 0. The number of benzene rings is 12. The zero-order valence-corrected chi connectivity index (χ0v) is 62.9. The summed E-state index contributed by atoms with van der Waals surface area (Å²) < 4.78 is 23.3. The molecule has 0 spiro atoms. The van der Waals surface area contributed by atoms with E-state index in [0.29, 0.717) is 43.6 Å². The highest BCUT2D eigenvalue weighted by Crippen LogP contribution is 2.45. The molecule has 0 aromatic heterocycles. The molecule has 111 heavy (non-hydrogen) atoms. The number of phenols is 13. The number of esters is 5. The first-order chi connectivity index (χ1) is 52.3. The Morgan fingerprint density at radius 3 is 1.05 bits per heavy atom. The number of aromatic hydroxyl groups is 13. The Balaban J connectivity index is 0.000000187. The maximum Gasteiger partial charge on any atom is 0.341 e. The minimum atomic E-state index is -0.878. The van der Waals surface area contributed by atoms with Crippen molar-refractivity contribution in [2.24, 2.45) is 0 Å². The summed E-state index contributed by atoms with van der Waals surface area (Å²) in [6.07, 6.45) is -0.505. The number of rotatable bonds is 11. The van der Waals surface area contributed by atoms with Gasteiger partial charge in [-0.25, -0.2) is 14.4 Å². The van der Waals surface area contributed by atoms with Crippen molar-refractivity contribution < 1.29 is 128 Å². The van der Waals surface area contributed by atoms with Gasteiger partial charge in [0.25, 0.3) is 0 Å². The van der Waals surface area contributed by atoms with E-state index in [9.17, 15) is 105 Å². The van der Waals surface area contributed by atoms with E-state index < -0.39 is 47.1 Å². The number of hydrogen-bond donors (Lipinski definition) is 13. The van der Waals surface area contributed by atoms with Crippen molar-refractivity contribution in [3.05, 3.63) is 205 Å². The van der Waals surface area contributed by atoms with Crippen molar-refractivity contribution in [3.63, 3.8) is 0 Å². The first-order valence-corrected chi connectivity index (χ1v) is 33.8. The van der Waals surface area contributed by atoms with Gasteiger partial charge in [-0.3, -0.25) is 24.0 Å². The van der Waals surface area contributed by atoms with Crippen LogP contribution < -0.4 is 0 Å². The lowest BCUT2D eigenvalue weighted by atomic mass is 9.95. The third-order valence-corrected chi connectivity index (χ3v) is 17.7. The molecule has 0 fully saturated rings. The van der Waals surface area contributed by atoms with Gasteiger partial charge in [0.1, 0.15) is 85.9 Å². The molecule has 0 saturated carbocycles. The van der Waals surface area contributed by atoms with E-state index in [1.165, 1.54) is 78.5 Å². The van der Waals surface area contributed by atoms with Gasteiger partial charge in [0, 0.05) is 6.07 Å². The summed E-state index contributed by atoms with van der Waals surface area (Å²) in [7, 11) is 4.70. The number of carbonyl (C=O) groups is 8. The van der Waals surface area contributed by atoms with Gasteiger partial charge >= 0.3 is 29.8 Å². The number of hydrogen-bond acceptors (Lipinski definition) is 26. The highest BCUT2D eigenvalue weighted by molar-refractivity contribution is 6.11.